The van der Waals surface area contributed by atoms with E-state index in [2.05, 4.69) is 48.9 Å². The number of piperazine rings is 1. The number of anilines is 1. The van der Waals surface area contributed by atoms with Crippen molar-refractivity contribution in [2.75, 3.05) is 44.8 Å². The van der Waals surface area contributed by atoms with Crippen LogP contribution in [0.2, 0.25) is 5.02 Å². The number of nitrogens with zero attached hydrogens (tertiary/aromatic N) is 5. The van der Waals surface area contributed by atoms with Crippen LogP contribution in [-0.4, -0.2) is 77.0 Å². The van der Waals surface area contributed by atoms with Gasteiger partial charge in [-0.15, -0.1) is 0 Å². The molecule has 190 valence electrons. The van der Waals surface area contributed by atoms with Crippen molar-refractivity contribution in [2.24, 2.45) is 9.98 Å². The smallest absolute Gasteiger partial charge is 0.181 e. The molecule has 1 fully saturated rings. The zero-order valence-electron chi connectivity index (χ0n) is 21.0. The maximum Gasteiger partial charge on any atom is 0.181 e. The Morgan fingerprint density at radius 3 is 2.81 bits per heavy atom. The Morgan fingerprint density at radius 1 is 1.28 bits per heavy atom. The van der Waals surface area contributed by atoms with Crippen LogP contribution < -0.4 is 10.1 Å². The first-order chi connectivity index (χ1) is 17.5. The van der Waals surface area contributed by atoms with Crippen LogP contribution >= 0.6 is 11.6 Å². The maximum atomic E-state index is 6.60. The Bertz CT molecular complexity index is 1280. The summed E-state index contributed by atoms with van der Waals surface area (Å²) in [5.41, 5.74) is 2.93. The molecular formula is C26H33ClN8O. The molecule has 0 radical (unpaired) electrons. The van der Waals surface area contributed by atoms with Gasteiger partial charge in [-0.25, -0.2) is 9.98 Å². The summed E-state index contributed by atoms with van der Waals surface area (Å²) in [6, 6.07) is 7.75. The number of halogens is 1. The van der Waals surface area contributed by atoms with Crippen molar-refractivity contribution in [1.82, 2.24) is 25.0 Å². The minimum atomic E-state index is 0.118. The van der Waals surface area contributed by atoms with Gasteiger partial charge in [0.15, 0.2) is 12.5 Å². The summed E-state index contributed by atoms with van der Waals surface area (Å²) in [6.45, 7) is 14.7. The molecule has 3 heterocycles. The molecule has 3 N–H and O–H groups in total. The number of hydrogen-bond donors (Lipinski definition) is 3. The van der Waals surface area contributed by atoms with Gasteiger partial charge in [-0.3, -0.25) is 5.10 Å². The Labute approximate surface area is 216 Å². The fourth-order valence-corrected chi connectivity index (χ4v) is 4.41. The lowest BCUT2D eigenvalue weighted by Crippen LogP contribution is -2.48. The molecule has 0 atom stereocenters. The minimum absolute atomic E-state index is 0.118. The van der Waals surface area contributed by atoms with Gasteiger partial charge in [0.2, 0.25) is 0 Å². The second-order valence-electron chi connectivity index (χ2n) is 8.52. The first kappa shape index (κ1) is 25.5. The Balaban J connectivity index is 1.54. The van der Waals surface area contributed by atoms with Gasteiger partial charge in [0, 0.05) is 54.9 Å². The van der Waals surface area contributed by atoms with Gasteiger partial charge in [0.1, 0.15) is 17.4 Å². The fourth-order valence-electron chi connectivity index (χ4n) is 4.14. The van der Waals surface area contributed by atoms with Gasteiger partial charge >= 0.3 is 0 Å². The summed E-state index contributed by atoms with van der Waals surface area (Å²) in [5.74, 6) is 2.56. The number of amidine groups is 1. The highest BCUT2D eigenvalue weighted by molar-refractivity contribution is 6.37. The predicted octanol–water partition coefficient (Wildman–Crippen LogP) is 4.91. The molecule has 2 aromatic heterocycles. The zero-order valence-corrected chi connectivity index (χ0v) is 21.8. The van der Waals surface area contributed by atoms with Crippen molar-refractivity contribution in [3.63, 3.8) is 0 Å². The summed E-state index contributed by atoms with van der Waals surface area (Å²) in [5, 5.41) is 12.0. The van der Waals surface area contributed by atoms with Crippen LogP contribution in [0.4, 0.5) is 5.82 Å². The summed E-state index contributed by atoms with van der Waals surface area (Å²) in [6.07, 6.45) is 5.77. The third-order valence-corrected chi connectivity index (χ3v) is 6.45. The summed E-state index contributed by atoms with van der Waals surface area (Å²) in [7, 11) is 0. The molecular weight excluding hydrogens is 476 g/mol. The van der Waals surface area contributed by atoms with Crippen LogP contribution in [0, 0.1) is 6.92 Å². The average Bonchev–Trinajstić information content (AvgIpc) is 3.50. The topological polar surface area (TPSA) is 96.9 Å². The lowest BCUT2D eigenvalue weighted by molar-refractivity contribution is 0.189. The van der Waals surface area contributed by atoms with Crippen LogP contribution in [0.15, 0.2) is 52.2 Å². The van der Waals surface area contributed by atoms with Crippen LogP contribution in [-0.2, 0) is 0 Å². The number of rotatable bonds is 9. The van der Waals surface area contributed by atoms with Crippen molar-refractivity contribution in [3.8, 4) is 5.75 Å². The summed E-state index contributed by atoms with van der Waals surface area (Å²) >= 11 is 6.60. The van der Waals surface area contributed by atoms with Crippen LogP contribution in [0.1, 0.15) is 25.2 Å². The molecule has 0 bridgehead atoms. The number of likely N-dealkylation sites (N-methyl/N-ethyl adjacent to an activating group) is 1. The summed E-state index contributed by atoms with van der Waals surface area (Å²) in [4.78, 5) is 16.9. The lowest BCUT2D eigenvalue weighted by atomic mass is 10.2. The number of H-pyrrole nitrogens is 2. The number of nitrogens with one attached hydrogen (secondary N) is 3. The van der Waals surface area contributed by atoms with E-state index in [9.17, 15) is 0 Å². The molecule has 9 nitrogen and oxygen atoms in total. The highest BCUT2D eigenvalue weighted by Gasteiger charge is 2.18. The van der Waals surface area contributed by atoms with Gasteiger partial charge in [0.25, 0.3) is 0 Å². The molecule has 1 aliphatic rings. The standard InChI is InChI=1S/C26H33ClN8O/c1-5-7-19-15-24(33-32-19)31-23(28-4)16-25(35-12-10-34(6-2)11-13-35)29-17-36-22-9-8-21-20(26(22)27)14-18(3)30-21/h5,7-9,14-16,30H,4,6,10-13,17H2,1-3H3,(H2,31,32,33)/b7-5+,23-16+,29-25+. The second kappa shape index (κ2) is 11.9. The van der Waals surface area contributed by atoms with E-state index in [1.165, 1.54) is 0 Å². The molecule has 36 heavy (non-hydrogen) atoms. The maximum absolute atomic E-state index is 6.60. The number of allylic oxidation sites excluding steroid dienone is 1. The third-order valence-electron chi connectivity index (χ3n) is 6.06. The monoisotopic (exact) mass is 508 g/mol. The minimum Gasteiger partial charge on any atom is -0.470 e. The van der Waals surface area contributed by atoms with E-state index in [0.717, 1.165) is 60.9 Å². The number of aromatic amines is 2. The van der Waals surface area contributed by atoms with Gasteiger partial charge < -0.3 is 24.8 Å². The van der Waals surface area contributed by atoms with E-state index in [-0.39, 0.29) is 6.73 Å². The van der Waals surface area contributed by atoms with Crippen LogP contribution in [0.5, 0.6) is 5.75 Å². The van der Waals surface area contributed by atoms with E-state index < -0.39 is 0 Å². The van der Waals surface area contributed by atoms with Crippen LogP contribution in [0.25, 0.3) is 17.0 Å². The molecule has 1 saturated heterocycles. The normalized spacial score (nSPS) is 15.7. The molecule has 0 aliphatic carbocycles. The van der Waals surface area contributed by atoms with E-state index >= 15 is 0 Å². The SMILES string of the molecule is C=N/C(=C\C(=N/COc1ccc2[nH]c(C)cc2c1Cl)N1CCN(CC)CC1)Nc1cc(/C=C/C)[nH]n1. The Kier molecular flexibility index (Phi) is 8.45. The average molecular weight is 509 g/mol. The van der Waals surface area contributed by atoms with Gasteiger partial charge in [-0.1, -0.05) is 24.6 Å². The highest BCUT2D eigenvalue weighted by atomic mass is 35.5. The quantitative estimate of drug-likeness (QED) is 0.282. The van der Waals surface area contributed by atoms with E-state index in [0.29, 0.717) is 22.4 Å². The van der Waals surface area contributed by atoms with Crippen LogP contribution in [0.3, 0.4) is 0 Å². The number of aryl methyl sites for hydroxylation is 1. The predicted molar refractivity (Wildman–Crippen MR) is 149 cm³/mol. The first-order valence-corrected chi connectivity index (χ1v) is 12.4. The molecule has 0 saturated carbocycles. The first-order valence-electron chi connectivity index (χ1n) is 12.1. The van der Waals surface area contributed by atoms with Gasteiger partial charge in [0.05, 0.1) is 10.7 Å². The number of ether oxygens (including phenoxy) is 1. The van der Waals surface area contributed by atoms with Crippen molar-refractivity contribution in [2.45, 2.75) is 20.8 Å². The van der Waals surface area contributed by atoms with Gasteiger partial charge in [-0.2, -0.15) is 5.10 Å². The molecule has 0 amide bonds. The number of benzene rings is 1. The van der Waals surface area contributed by atoms with Gasteiger partial charge in [-0.05, 0) is 51.4 Å². The second-order valence-corrected chi connectivity index (χ2v) is 8.90. The number of fused-ring (bicyclic) bond motifs is 1. The molecule has 3 aromatic rings. The summed E-state index contributed by atoms with van der Waals surface area (Å²) < 4.78 is 5.99. The third kappa shape index (κ3) is 6.16. The number of aromatic nitrogens is 3. The van der Waals surface area contributed by atoms with E-state index in [1.54, 1.807) is 0 Å². The molecule has 0 spiro atoms. The largest absolute Gasteiger partial charge is 0.470 e. The van der Waals surface area contributed by atoms with E-state index in [1.807, 2.05) is 56.3 Å². The molecule has 4 rings (SSSR count). The molecule has 1 aromatic carbocycles. The Morgan fingerprint density at radius 2 is 2.08 bits per heavy atom. The molecule has 10 heteroatoms. The zero-order chi connectivity index (χ0) is 25.5. The number of hydrogen-bond acceptors (Lipinski definition) is 6. The molecule has 1 aliphatic heterocycles. The van der Waals surface area contributed by atoms with Crippen molar-refractivity contribution < 1.29 is 4.74 Å². The Hall–Kier alpha value is -3.56. The lowest BCUT2D eigenvalue weighted by Gasteiger charge is -2.35. The number of aliphatic imine (C=N–C) groups is 2. The van der Waals surface area contributed by atoms with E-state index in [4.69, 9.17) is 21.3 Å². The molecule has 0 unspecified atom stereocenters. The van der Waals surface area contributed by atoms with Crippen molar-refractivity contribution in [1.29, 1.82) is 0 Å². The highest BCUT2D eigenvalue weighted by Crippen LogP contribution is 2.33. The fraction of sp³-hybridized carbons (Fsp3) is 0.346. The van der Waals surface area contributed by atoms with Crippen molar-refractivity contribution >= 4 is 47.0 Å². The van der Waals surface area contributed by atoms with Crippen molar-refractivity contribution in [3.05, 3.63) is 58.6 Å².